The van der Waals surface area contributed by atoms with Crippen LogP contribution in [0.25, 0.3) is 22.4 Å². The number of phenolic OH excluding ortho intramolecular Hbond substituents is 2. The van der Waals surface area contributed by atoms with Gasteiger partial charge in [-0.05, 0) is 19.1 Å². The maximum Gasteiger partial charge on any atom is 0.200 e. The van der Waals surface area contributed by atoms with Crippen molar-refractivity contribution < 1.29 is 14.9 Å². The number of phenols is 2. The molecule has 0 bridgehead atoms. The third kappa shape index (κ3) is 1.73. The standard InChI is InChI=1S/C14H13N3O3/c1-7-8(5-11(20-2)13(19)12(7)18)14-16-9-3-4-15-6-10(9)17-14/h3-6,18-19H,1-2H3,(H,16,17). The Kier molecular flexibility index (Phi) is 2.71. The van der Waals surface area contributed by atoms with E-state index in [0.29, 0.717) is 17.0 Å². The van der Waals surface area contributed by atoms with Crippen LogP contribution >= 0.6 is 0 Å². The number of rotatable bonds is 2. The van der Waals surface area contributed by atoms with Crippen LogP contribution in [-0.2, 0) is 0 Å². The van der Waals surface area contributed by atoms with E-state index in [-0.39, 0.29) is 17.2 Å². The number of nitrogens with one attached hydrogen (secondary N) is 1. The zero-order valence-electron chi connectivity index (χ0n) is 11.0. The molecule has 0 atom stereocenters. The number of benzene rings is 1. The fourth-order valence-electron chi connectivity index (χ4n) is 2.12. The highest BCUT2D eigenvalue weighted by molar-refractivity contribution is 5.80. The second-order valence-electron chi connectivity index (χ2n) is 4.43. The predicted octanol–water partition coefficient (Wildman–Crippen LogP) is 2.35. The summed E-state index contributed by atoms with van der Waals surface area (Å²) in [6.07, 6.45) is 3.34. The average Bonchev–Trinajstić information content (AvgIpc) is 2.89. The quantitative estimate of drug-likeness (QED) is 0.622. The van der Waals surface area contributed by atoms with E-state index in [9.17, 15) is 10.2 Å². The van der Waals surface area contributed by atoms with E-state index in [4.69, 9.17) is 4.74 Å². The van der Waals surface area contributed by atoms with Gasteiger partial charge in [0.25, 0.3) is 0 Å². The Hall–Kier alpha value is -2.76. The number of hydrogen-bond donors (Lipinski definition) is 3. The molecule has 0 unspecified atom stereocenters. The molecule has 6 nitrogen and oxygen atoms in total. The van der Waals surface area contributed by atoms with Gasteiger partial charge in [-0.25, -0.2) is 4.98 Å². The Morgan fingerprint density at radius 3 is 2.75 bits per heavy atom. The minimum absolute atomic E-state index is 0.196. The normalized spacial score (nSPS) is 10.9. The molecule has 0 saturated heterocycles. The van der Waals surface area contributed by atoms with Gasteiger partial charge < -0.3 is 19.9 Å². The van der Waals surface area contributed by atoms with Crippen LogP contribution in [0.2, 0.25) is 0 Å². The van der Waals surface area contributed by atoms with Crippen LogP contribution in [0.5, 0.6) is 17.2 Å². The van der Waals surface area contributed by atoms with Gasteiger partial charge in [0.15, 0.2) is 11.5 Å². The molecule has 6 heteroatoms. The third-order valence-corrected chi connectivity index (χ3v) is 3.25. The minimum atomic E-state index is -0.272. The fourth-order valence-corrected chi connectivity index (χ4v) is 2.12. The fraction of sp³-hybridized carbons (Fsp3) is 0.143. The topological polar surface area (TPSA) is 91.3 Å². The summed E-state index contributed by atoms with van der Waals surface area (Å²) >= 11 is 0. The molecular formula is C14H13N3O3. The van der Waals surface area contributed by atoms with E-state index in [1.54, 1.807) is 31.5 Å². The van der Waals surface area contributed by atoms with Crippen molar-refractivity contribution in [3.63, 3.8) is 0 Å². The van der Waals surface area contributed by atoms with Crippen molar-refractivity contribution in [3.8, 4) is 28.6 Å². The number of pyridine rings is 1. The molecule has 2 aromatic heterocycles. The van der Waals surface area contributed by atoms with Crippen molar-refractivity contribution in [1.82, 2.24) is 15.0 Å². The summed E-state index contributed by atoms with van der Waals surface area (Å²) in [6, 6.07) is 3.43. The number of nitrogens with zero attached hydrogens (tertiary/aromatic N) is 2. The third-order valence-electron chi connectivity index (χ3n) is 3.25. The highest BCUT2D eigenvalue weighted by Crippen LogP contribution is 2.42. The van der Waals surface area contributed by atoms with Gasteiger partial charge in [-0.3, -0.25) is 4.98 Å². The van der Waals surface area contributed by atoms with E-state index in [1.807, 2.05) is 0 Å². The van der Waals surface area contributed by atoms with Crippen molar-refractivity contribution in [2.45, 2.75) is 6.92 Å². The van der Waals surface area contributed by atoms with Crippen LogP contribution in [0.15, 0.2) is 24.5 Å². The van der Waals surface area contributed by atoms with Gasteiger partial charge in [0.1, 0.15) is 5.82 Å². The first kappa shape index (κ1) is 12.3. The summed E-state index contributed by atoms with van der Waals surface area (Å²) in [4.78, 5) is 11.6. The molecule has 0 aliphatic rings. The van der Waals surface area contributed by atoms with Crippen LogP contribution in [0, 0.1) is 6.92 Å². The maximum absolute atomic E-state index is 9.95. The molecule has 3 rings (SSSR count). The molecule has 3 aromatic rings. The van der Waals surface area contributed by atoms with E-state index in [2.05, 4.69) is 15.0 Å². The van der Waals surface area contributed by atoms with E-state index in [0.717, 1.165) is 11.0 Å². The van der Waals surface area contributed by atoms with Gasteiger partial charge in [-0.2, -0.15) is 0 Å². The number of aromatic amines is 1. The molecule has 0 saturated carbocycles. The lowest BCUT2D eigenvalue weighted by molar-refractivity contribution is 0.350. The van der Waals surface area contributed by atoms with Crippen molar-refractivity contribution in [2.24, 2.45) is 0 Å². The molecule has 1 aromatic carbocycles. The van der Waals surface area contributed by atoms with Crippen LogP contribution in [0.3, 0.4) is 0 Å². The van der Waals surface area contributed by atoms with Crippen LogP contribution < -0.4 is 4.74 Å². The van der Waals surface area contributed by atoms with Gasteiger partial charge >= 0.3 is 0 Å². The zero-order valence-corrected chi connectivity index (χ0v) is 11.0. The van der Waals surface area contributed by atoms with Gasteiger partial charge in [-0.1, -0.05) is 0 Å². The number of H-pyrrole nitrogens is 1. The number of imidazole rings is 1. The molecule has 102 valence electrons. The van der Waals surface area contributed by atoms with Crippen molar-refractivity contribution in [3.05, 3.63) is 30.1 Å². The lowest BCUT2D eigenvalue weighted by Crippen LogP contribution is -1.91. The van der Waals surface area contributed by atoms with E-state index < -0.39 is 0 Å². The van der Waals surface area contributed by atoms with Crippen LogP contribution in [-0.4, -0.2) is 32.3 Å². The number of fused-ring (bicyclic) bond motifs is 1. The van der Waals surface area contributed by atoms with Crippen LogP contribution in [0.1, 0.15) is 5.56 Å². The highest BCUT2D eigenvalue weighted by atomic mass is 16.5. The molecule has 20 heavy (non-hydrogen) atoms. The van der Waals surface area contributed by atoms with Gasteiger partial charge in [0.05, 0.1) is 24.3 Å². The Balaban J connectivity index is 2.25. The number of aromatic hydroxyl groups is 2. The molecular weight excluding hydrogens is 258 g/mol. The number of aromatic nitrogens is 3. The van der Waals surface area contributed by atoms with Crippen LogP contribution in [0.4, 0.5) is 0 Å². The summed E-state index contributed by atoms with van der Waals surface area (Å²) in [6.45, 7) is 1.70. The Bertz CT molecular complexity index is 763. The Morgan fingerprint density at radius 1 is 1.25 bits per heavy atom. The molecule has 0 aliphatic carbocycles. The van der Waals surface area contributed by atoms with E-state index >= 15 is 0 Å². The largest absolute Gasteiger partial charge is 0.504 e. The number of hydrogen-bond acceptors (Lipinski definition) is 5. The zero-order chi connectivity index (χ0) is 14.3. The van der Waals surface area contributed by atoms with Crippen molar-refractivity contribution in [2.75, 3.05) is 7.11 Å². The van der Waals surface area contributed by atoms with E-state index in [1.165, 1.54) is 7.11 Å². The molecule has 0 radical (unpaired) electrons. The monoisotopic (exact) mass is 271 g/mol. The van der Waals surface area contributed by atoms with Gasteiger partial charge in [-0.15, -0.1) is 0 Å². The SMILES string of the molecule is COc1cc(-c2nc3ccncc3[nH]2)c(C)c(O)c1O. The second kappa shape index (κ2) is 4.41. The first-order valence-corrected chi connectivity index (χ1v) is 6.01. The second-order valence-corrected chi connectivity index (χ2v) is 4.43. The van der Waals surface area contributed by atoms with Crippen molar-refractivity contribution >= 4 is 11.0 Å². The van der Waals surface area contributed by atoms with Gasteiger partial charge in [0.2, 0.25) is 5.75 Å². The molecule has 0 aliphatic heterocycles. The number of ether oxygens (including phenoxy) is 1. The summed E-state index contributed by atoms with van der Waals surface area (Å²) in [5, 5.41) is 19.7. The van der Waals surface area contributed by atoms with Gasteiger partial charge in [0, 0.05) is 17.3 Å². The molecule has 3 N–H and O–H groups in total. The lowest BCUT2D eigenvalue weighted by atomic mass is 10.1. The summed E-state index contributed by atoms with van der Waals surface area (Å²) in [5.41, 5.74) is 2.76. The predicted molar refractivity (Wildman–Crippen MR) is 73.9 cm³/mol. The highest BCUT2D eigenvalue weighted by Gasteiger charge is 2.18. The van der Waals surface area contributed by atoms with Crippen molar-refractivity contribution in [1.29, 1.82) is 0 Å². The summed E-state index contributed by atoms with van der Waals surface area (Å²) in [7, 11) is 1.43. The summed E-state index contributed by atoms with van der Waals surface area (Å²) < 4.78 is 5.05. The molecule has 0 spiro atoms. The smallest absolute Gasteiger partial charge is 0.200 e. The molecule has 0 amide bonds. The lowest BCUT2D eigenvalue weighted by Gasteiger charge is -2.11. The minimum Gasteiger partial charge on any atom is -0.504 e. The first-order valence-electron chi connectivity index (χ1n) is 6.01. The Morgan fingerprint density at radius 2 is 2.05 bits per heavy atom. The molecule has 2 heterocycles. The maximum atomic E-state index is 9.95. The number of methoxy groups -OCH3 is 1. The molecule has 0 fully saturated rings. The Labute approximate surface area is 114 Å². The summed E-state index contributed by atoms with van der Waals surface area (Å²) in [5.74, 6) is 0.297. The first-order chi connectivity index (χ1) is 9.61. The average molecular weight is 271 g/mol.